The predicted octanol–water partition coefficient (Wildman–Crippen LogP) is 5.06. The second-order valence-electron chi connectivity index (χ2n) is 8.75. The number of nitrogens with two attached hydrogens (primary N) is 1. The Morgan fingerprint density at radius 2 is 1.25 bits per heavy atom. The van der Waals surface area contributed by atoms with Gasteiger partial charge in [0.25, 0.3) is 0 Å². The van der Waals surface area contributed by atoms with Gasteiger partial charge in [-0.25, -0.2) is 0 Å². The molecular formula is C24H51N2O2. The highest BCUT2D eigenvalue weighted by atomic mass is 16.3. The van der Waals surface area contributed by atoms with Crippen LogP contribution in [0.5, 0.6) is 0 Å². The molecule has 0 saturated heterocycles. The highest BCUT2D eigenvalue weighted by molar-refractivity contribution is 4.83. The zero-order chi connectivity index (χ0) is 21.2. The van der Waals surface area contributed by atoms with Gasteiger partial charge in [-0.15, -0.1) is 0 Å². The van der Waals surface area contributed by atoms with Gasteiger partial charge in [0.05, 0.1) is 12.2 Å². The zero-order valence-corrected chi connectivity index (χ0v) is 19.2. The van der Waals surface area contributed by atoms with Gasteiger partial charge in [-0.1, -0.05) is 84.0 Å². The second kappa shape index (κ2) is 18.8. The lowest BCUT2D eigenvalue weighted by atomic mass is 10.0. The van der Waals surface area contributed by atoms with Crippen molar-refractivity contribution in [2.24, 2.45) is 5.73 Å². The molecular weight excluding hydrogens is 348 g/mol. The normalized spacial score (nSPS) is 16.3. The van der Waals surface area contributed by atoms with Crippen LogP contribution in [0.3, 0.4) is 0 Å². The number of aliphatic hydroxyl groups is 2. The highest BCUT2D eigenvalue weighted by Gasteiger charge is 2.23. The van der Waals surface area contributed by atoms with Crippen LogP contribution >= 0.6 is 0 Å². The Balaban J connectivity index is 3.85. The van der Waals surface area contributed by atoms with Crippen molar-refractivity contribution in [2.75, 3.05) is 13.1 Å². The Hall–Kier alpha value is -0.160. The average Bonchev–Trinajstić information content (AvgIpc) is 2.68. The first-order valence-corrected chi connectivity index (χ1v) is 12.1. The monoisotopic (exact) mass is 399 g/mol. The third-order valence-electron chi connectivity index (χ3n) is 6.02. The minimum atomic E-state index is -0.473. The first kappa shape index (κ1) is 27.8. The summed E-state index contributed by atoms with van der Waals surface area (Å²) in [6, 6.07) is 0.225. The summed E-state index contributed by atoms with van der Waals surface area (Å²) in [7, 11) is 0. The van der Waals surface area contributed by atoms with Crippen molar-refractivity contribution in [3.05, 3.63) is 6.92 Å². The van der Waals surface area contributed by atoms with Gasteiger partial charge >= 0.3 is 0 Å². The average molecular weight is 400 g/mol. The van der Waals surface area contributed by atoms with Gasteiger partial charge in [-0.2, -0.15) is 0 Å². The van der Waals surface area contributed by atoms with Crippen molar-refractivity contribution in [1.29, 1.82) is 0 Å². The molecule has 4 unspecified atom stereocenters. The van der Waals surface area contributed by atoms with Crippen LogP contribution in [0.15, 0.2) is 0 Å². The molecule has 0 heterocycles. The summed E-state index contributed by atoms with van der Waals surface area (Å²) in [6.07, 6.45) is 17.2. The van der Waals surface area contributed by atoms with Crippen molar-refractivity contribution in [3.8, 4) is 0 Å². The molecule has 0 saturated carbocycles. The summed E-state index contributed by atoms with van der Waals surface area (Å²) in [5.41, 5.74) is 5.52. The van der Waals surface area contributed by atoms with Crippen LogP contribution in [-0.2, 0) is 0 Å². The summed E-state index contributed by atoms with van der Waals surface area (Å²) >= 11 is 0. The molecule has 0 amide bonds. The highest BCUT2D eigenvalue weighted by Crippen LogP contribution is 2.17. The topological polar surface area (TPSA) is 69.7 Å². The van der Waals surface area contributed by atoms with E-state index in [1.807, 2.05) is 0 Å². The molecule has 0 aliphatic rings. The third-order valence-corrected chi connectivity index (χ3v) is 6.02. The maximum atomic E-state index is 9.94. The molecule has 0 aliphatic heterocycles. The Morgan fingerprint density at radius 3 is 1.68 bits per heavy atom. The van der Waals surface area contributed by atoms with Crippen LogP contribution in [-0.4, -0.2) is 52.5 Å². The van der Waals surface area contributed by atoms with Crippen LogP contribution in [0.25, 0.3) is 0 Å². The van der Waals surface area contributed by atoms with E-state index in [9.17, 15) is 10.2 Å². The Morgan fingerprint density at radius 1 is 0.786 bits per heavy atom. The van der Waals surface area contributed by atoms with Gasteiger partial charge in [0.1, 0.15) is 0 Å². The lowest BCUT2D eigenvalue weighted by Gasteiger charge is -2.36. The minimum absolute atomic E-state index is 0.141. The molecule has 4 N–H and O–H groups in total. The fraction of sp³-hybridized carbons (Fsp3) is 0.958. The fourth-order valence-electron chi connectivity index (χ4n) is 3.85. The number of hydrogen-bond donors (Lipinski definition) is 3. The van der Waals surface area contributed by atoms with Crippen molar-refractivity contribution >= 4 is 0 Å². The standard InChI is InChI=1S/C24H51N2O2/c1-5-6-7-8-9-10-11-12-13-14-15-16-17-21(2)26(22(3)23(4)27)19-18-24(28)20-25/h21-24,27-28H,3,5-20,25H2,1-2,4H3. The molecule has 4 atom stereocenters. The maximum Gasteiger partial charge on any atom is 0.0674 e. The van der Waals surface area contributed by atoms with Crippen LogP contribution < -0.4 is 5.73 Å². The molecule has 4 nitrogen and oxygen atoms in total. The quantitative estimate of drug-likeness (QED) is 0.250. The van der Waals surface area contributed by atoms with E-state index in [1.54, 1.807) is 6.92 Å². The van der Waals surface area contributed by atoms with Gasteiger partial charge in [-0.3, -0.25) is 4.90 Å². The largest absolute Gasteiger partial charge is 0.392 e. The zero-order valence-electron chi connectivity index (χ0n) is 19.2. The SMILES string of the molecule is [CH2]C(C(C)O)N(CCC(O)CN)C(C)CCCCCCCCCCCCCC. The van der Waals surface area contributed by atoms with E-state index >= 15 is 0 Å². The molecule has 0 aromatic carbocycles. The van der Waals surface area contributed by atoms with Gasteiger partial charge in [0.2, 0.25) is 0 Å². The van der Waals surface area contributed by atoms with E-state index in [2.05, 4.69) is 25.7 Å². The molecule has 0 spiro atoms. The molecule has 0 bridgehead atoms. The molecule has 169 valence electrons. The number of unbranched alkanes of at least 4 members (excludes halogenated alkanes) is 11. The molecule has 0 aromatic rings. The summed E-state index contributed by atoms with van der Waals surface area (Å²) in [6.45, 7) is 11.4. The lowest BCUT2D eigenvalue weighted by Crippen LogP contribution is -2.47. The van der Waals surface area contributed by atoms with Gasteiger partial charge < -0.3 is 15.9 Å². The molecule has 0 rings (SSSR count). The summed E-state index contributed by atoms with van der Waals surface area (Å²) in [5, 5.41) is 19.7. The van der Waals surface area contributed by atoms with Gasteiger partial charge in [-0.05, 0) is 33.6 Å². The minimum Gasteiger partial charge on any atom is -0.392 e. The summed E-state index contributed by atoms with van der Waals surface area (Å²) in [5.74, 6) is 0. The number of aliphatic hydroxyl groups excluding tert-OH is 2. The Bertz CT molecular complexity index is 326. The fourth-order valence-corrected chi connectivity index (χ4v) is 3.85. The van der Waals surface area contributed by atoms with Crippen LogP contribution in [0, 0.1) is 6.92 Å². The second-order valence-corrected chi connectivity index (χ2v) is 8.75. The molecule has 1 radical (unpaired) electrons. The molecule has 28 heavy (non-hydrogen) atoms. The van der Waals surface area contributed by atoms with Crippen LogP contribution in [0.2, 0.25) is 0 Å². The van der Waals surface area contributed by atoms with Crippen molar-refractivity contribution in [2.45, 2.75) is 135 Å². The van der Waals surface area contributed by atoms with Crippen molar-refractivity contribution < 1.29 is 10.2 Å². The van der Waals surface area contributed by atoms with Gasteiger partial charge in [0.15, 0.2) is 0 Å². The van der Waals surface area contributed by atoms with Crippen LogP contribution in [0.1, 0.15) is 111 Å². The maximum absolute atomic E-state index is 9.94. The summed E-state index contributed by atoms with van der Waals surface area (Å²) < 4.78 is 0. The van der Waals surface area contributed by atoms with E-state index in [0.717, 1.165) is 13.0 Å². The Labute approximate surface area is 176 Å². The van der Waals surface area contributed by atoms with E-state index in [1.165, 1.54) is 77.0 Å². The molecule has 4 heteroatoms. The molecule has 0 aliphatic carbocycles. The smallest absolute Gasteiger partial charge is 0.0674 e. The van der Waals surface area contributed by atoms with E-state index < -0.39 is 12.2 Å². The van der Waals surface area contributed by atoms with Gasteiger partial charge in [0, 0.05) is 25.2 Å². The van der Waals surface area contributed by atoms with Crippen molar-refractivity contribution in [3.63, 3.8) is 0 Å². The predicted molar refractivity (Wildman–Crippen MR) is 122 cm³/mol. The molecule has 0 aromatic heterocycles. The lowest BCUT2D eigenvalue weighted by molar-refractivity contribution is 0.0453. The van der Waals surface area contributed by atoms with E-state index in [0.29, 0.717) is 12.5 Å². The number of hydrogen-bond acceptors (Lipinski definition) is 4. The Kier molecular flexibility index (Phi) is 18.7. The summed E-state index contributed by atoms with van der Waals surface area (Å²) in [4.78, 5) is 2.24. The molecule has 0 fully saturated rings. The van der Waals surface area contributed by atoms with E-state index in [-0.39, 0.29) is 12.6 Å². The number of nitrogens with zero attached hydrogens (tertiary/aromatic N) is 1. The first-order valence-electron chi connectivity index (χ1n) is 12.1. The third kappa shape index (κ3) is 14.8. The first-order chi connectivity index (χ1) is 13.4. The van der Waals surface area contributed by atoms with Crippen molar-refractivity contribution in [1.82, 2.24) is 4.90 Å². The number of rotatable bonds is 20. The van der Waals surface area contributed by atoms with Crippen LogP contribution in [0.4, 0.5) is 0 Å². The van der Waals surface area contributed by atoms with E-state index in [4.69, 9.17) is 5.73 Å².